The number of rotatable bonds is 0. The average molecular weight is 101 g/mol. The molecule has 5 heteroatoms. The Morgan fingerprint density at radius 2 is 2.57 bits per heavy atom. The largest absolute Gasteiger partial charge is 0.230 e. The van der Waals surface area contributed by atoms with Gasteiger partial charge in [0.25, 0.3) is 0 Å². The summed E-state index contributed by atoms with van der Waals surface area (Å²) in [5, 5.41) is 4.97. The van der Waals surface area contributed by atoms with Gasteiger partial charge in [-0.3, -0.25) is 0 Å². The van der Waals surface area contributed by atoms with Crippen molar-refractivity contribution >= 4 is 5.84 Å². The van der Waals surface area contributed by atoms with Crippen LogP contribution in [0.5, 0.6) is 0 Å². The van der Waals surface area contributed by atoms with E-state index in [9.17, 15) is 0 Å². The highest BCUT2D eigenvalue weighted by atomic mass is 15.9. The molecular formula is C2H7N5. The standard InChI is InChI=1S/C2H7N5/c1-2-4-5-6-7(2)3/h5-6H,3H2,1H3. The molecule has 0 saturated heterocycles. The highest BCUT2D eigenvalue weighted by Gasteiger charge is 2.03. The molecule has 1 aliphatic rings. The summed E-state index contributed by atoms with van der Waals surface area (Å²) in [6.07, 6.45) is 0. The normalized spacial score (nSPS) is 19.1. The Morgan fingerprint density at radius 3 is 2.71 bits per heavy atom. The molecule has 0 saturated carbocycles. The molecule has 0 unspecified atom stereocenters. The van der Waals surface area contributed by atoms with Crippen molar-refractivity contribution in [3.8, 4) is 0 Å². The molecule has 0 aromatic carbocycles. The molecule has 40 valence electrons. The van der Waals surface area contributed by atoms with E-state index in [2.05, 4.69) is 16.2 Å². The van der Waals surface area contributed by atoms with E-state index in [0.717, 1.165) is 5.84 Å². The fourth-order valence-electron chi connectivity index (χ4n) is 0.295. The summed E-state index contributed by atoms with van der Waals surface area (Å²) in [4.78, 5) is 0. The number of hydrazone groups is 1. The van der Waals surface area contributed by atoms with Gasteiger partial charge >= 0.3 is 0 Å². The summed E-state index contributed by atoms with van der Waals surface area (Å²) in [6.45, 7) is 1.78. The SMILES string of the molecule is CC1=NNNN1N. The van der Waals surface area contributed by atoms with Gasteiger partial charge in [-0.2, -0.15) is 0 Å². The average Bonchev–Trinajstić information content (AvgIpc) is 1.91. The maximum Gasteiger partial charge on any atom is 0.155 e. The highest BCUT2D eigenvalue weighted by molar-refractivity contribution is 5.79. The van der Waals surface area contributed by atoms with Crippen molar-refractivity contribution in [2.45, 2.75) is 6.92 Å². The molecule has 0 bridgehead atoms. The molecule has 1 heterocycles. The number of hydrogen-bond donors (Lipinski definition) is 3. The molecule has 1 rings (SSSR count). The van der Waals surface area contributed by atoms with Gasteiger partial charge in [-0.1, -0.05) is 0 Å². The first-order valence-electron chi connectivity index (χ1n) is 1.90. The second-order valence-electron chi connectivity index (χ2n) is 1.25. The van der Waals surface area contributed by atoms with Gasteiger partial charge in [0.05, 0.1) is 0 Å². The predicted molar refractivity (Wildman–Crippen MR) is 25.4 cm³/mol. The summed E-state index contributed by atoms with van der Waals surface area (Å²) < 4.78 is 0. The van der Waals surface area contributed by atoms with E-state index in [1.165, 1.54) is 5.12 Å². The number of nitrogens with one attached hydrogen (secondary N) is 2. The predicted octanol–water partition coefficient (Wildman–Crippen LogP) is -1.48. The van der Waals surface area contributed by atoms with Crippen LogP contribution in [-0.2, 0) is 0 Å². The van der Waals surface area contributed by atoms with Crippen LogP contribution in [0.4, 0.5) is 0 Å². The van der Waals surface area contributed by atoms with Crippen molar-refractivity contribution in [1.82, 2.24) is 16.2 Å². The fourth-order valence-corrected chi connectivity index (χ4v) is 0.295. The summed E-state index contributed by atoms with van der Waals surface area (Å²) >= 11 is 0. The van der Waals surface area contributed by atoms with Crippen LogP contribution < -0.4 is 16.9 Å². The Hall–Kier alpha value is -0.810. The number of nitrogens with zero attached hydrogens (tertiary/aromatic N) is 2. The third-order valence-electron chi connectivity index (χ3n) is 0.737. The maximum absolute atomic E-state index is 5.21. The zero-order valence-electron chi connectivity index (χ0n) is 3.97. The van der Waals surface area contributed by atoms with Crippen LogP contribution >= 0.6 is 0 Å². The minimum Gasteiger partial charge on any atom is -0.230 e. The van der Waals surface area contributed by atoms with Gasteiger partial charge in [0.15, 0.2) is 5.84 Å². The molecule has 0 spiro atoms. The monoisotopic (exact) mass is 101 g/mol. The molecule has 1 aliphatic heterocycles. The van der Waals surface area contributed by atoms with Crippen molar-refractivity contribution < 1.29 is 0 Å². The first kappa shape index (κ1) is 4.35. The van der Waals surface area contributed by atoms with Crippen LogP contribution in [0.25, 0.3) is 0 Å². The lowest BCUT2D eigenvalue weighted by atomic mass is 10.7. The summed E-state index contributed by atoms with van der Waals surface area (Å²) in [5.41, 5.74) is 4.99. The lowest BCUT2D eigenvalue weighted by Gasteiger charge is -2.05. The van der Waals surface area contributed by atoms with E-state index in [1.54, 1.807) is 6.92 Å². The second kappa shape index (κ2) is 1.36. The summed E-state index contributed by atoms with van der Waals surface area (Å²) in [6, 6.07) is 0. The number of amidine groups is 1. The van der Waals surface area contributed by atoms with E-state index in [1.807, 2.05) is 0 Å². The lowest BCUT2D eigenvalue weighted by molar-refractivity contribution is 0.303. The lowest BCUT2D eigenvalue weighted by Crippen LogP contribution is -2.45. The molecule has 4 N–H and O–H groups in total. The second-order valence-corrected chi connectivity index (χ2v) is 1.25. The van der Waals surface area contributed by atoms with Gasteiger partial charge in [-0.15, -0.1) is 10.6 Å². The van der Waals surface area contributed by atoms with Gasteiger partial charge in [0, 0.05) is 0 Å². The van der Waals surface area contributed by atoms with Crippen molar-refractivity contribution in [2.24, 2.45) is 10.9 Å². The van der Waals surface area contributed by atoms with Crippen molar-refractivity contribution in [1.29, 1.82) is 0 Å². The van der Waals surface area contributed by atoms with Crippen LogP contribution in [0.15, 0.2) is 5.10 Å². The van der Waals surface area contributed by atoms with Gasteiger partial charge < -0.3 is 0 Å². The van der Waals surface area contributed by atoms with Crippen molar-refractivity contribution in [3.63, 3.8) is 0 Å². The summed E-state index contributed by atoms with van der Waals surface area (Å²) in [5.74, 6) is 5.93. The zero-order valence-corrected chi connectivity index (χ0v) is 3.97. The van der Waals surface area contributed by atoms with Crippen LogP contribution in [0.1, 0.15) is 6.92 Å². The molecule has 5 nitrogen and oxygen atoms in total. The first-order chi connectivity index (χ1) is 3.30. The van der Waals surface area contributed by atoms with Gasteiger partial charge in [-0.25, -0.2) is 16.5 Å². The minimum atomic E-state index is 0.722. The Labute approximate surface area is 41.1 Å². The van der Waals surface area contributed by atoms with E-state index < -0.39 is 0 Å². The summed E-state index contributed by atoms with van der Waals surface area (Å²) in [7, 11) is 0. The topological polar surface area (TPSA) is 65.7 Å². The number of hydrazine groups is 3. The van der Waals surface area contributed by atoms with Crippen LogP contribution in [0.3, 0.4) is 0 Å². The van der Waals surface area contributed by atoms with Gasteiger partial charge in [-0.05, 0) is 6.92 Å². The first-order valence-corrected chi connectivity index (χ1v) is 1.90. The number of nitrogens with two attached hydrogens (primary N) is 1. The molecule has 0 aliphatic carbocycles. The van der Waals surface area contributed by atoms with E-state index in [-0.39, 0.29) is 0 Å². The molecule has 7 heavy (non-hydrogen) atoms. The number of hydrogen-bond acceptors (Lipinski definition) is 5. The Balaban J connectivity index is 2.54. The Morgan fingerprint density at radius 1 is 1.86 bits per heavy atom. The third kappa shape index (κ3) is 0.625. The van der Waals surface area contributed by atoms with E-state index in [4.69, 9.17) is 5.84 Å². The molecular weight excluding hydrogens is 94.1 g/mol. The fraction of sp³-hybridized carbons (Fsp3) is 0.500. The van der Waals surface area contributed by atoms with E-state index in [0.29, 0.717) is 0 Å². The minimum absolute atomic E-state index is 0.722. The smallest absolute Gasteiger partial charge is 0.155 e. The molecule has 0 amide bonds. The van der Waals surface area contributed by atoms with Gasteiger partial charge in [0.1, 0.15) is 0 Å². The zero-order chi connectivity index (χ0) is 5.28. The van der Waals surface area contributed by atoms with Crippen LogP contribution in [0, 0.1) is 0 Å². The Kier molecular flexibility index (Phi) is 0.844. The van der Waals surface area contributed by atoms with Crippen molar-refractivity contribution in [3.05, 3.63) is 0 Å². The van der Waals surface area contributed by atoms with Gasteiger partial charge in [0.2, 0.25) is 0 Å². The highest BCUT2D eigenvalue weighted by Crippen LogP contribution is 1.79. The third-order valence-corrected chi connectivity index (χ3v) is 0.737. The molecule has 0 fully saturated rings. The van der Waals surface area contributed by atoms with Crippen LogP contribution in [-0.4, -0.2) is 11.0 Å². The van der Waals surface area contributed by atoms with Crippen molar-refractivity contribution in [2.75, 3.05) is 0 Å². The molecule has 0 aromatic heterocycles. The van der Waals surface area contributed by atoms with E-state index >= 15 is 0 Å². The molecule has 0 radical (unpaired) electrons. The quantitative estimate of drug-likeness (QED) is 0.325. The van der Waals surface area contributed by atoms with Crippen LogP contribution in [0.2, 0.25) is 0 Å². The Bertz CT molecular complexity index is 96.3. The molecule has 0 aromatic rings. The molecule has 0 atom stereocenters. The maximum atomic E-state index is 5.21.